The molecule has 3 heterocycles. The number of anilines is 1. The minimum atomic E-state index is -0.384. The van der Waals surface area contributed by atoms with Crippen molar-refractivity contribution in [3.05, 3.63) is 58.0 Å². The Morgan fingerprint density at radius 3 is 2.67 bits per heavy atom. The first-order chi connectivity index (χ1) is 13.0. The molecule has 1 aliphatic rings. The van der Waals surface area contributed by atoms with E-state index in [9.17, 15) is 14.0 Å². The van der Waals surface area contributed by atoms with E-state index in [0.29, 0.717) is 36.7 Å². The van der Waals surface area contributed by atoms with Crippen LogP contribution in [0.1, 0.15) is 0 Å². The van der Waals surface area contributed by atoms with Crippen LogP contribution in [0.5, 0.6) is 0 Å². The Morgan fingerprint density at radius 2 is 1.93 bits per heavy atom. The van der Waals surface area contributed by atoms with E-state index in [-0.39, 0.29) is 23.8 Å². The molecule has 2 aromatic heterocycles. The van der Waals surface area contributed by atoms with E-state index >= 15 is 0 Å². The number of carbonyl (C=O) groups excluding carboxylic acids is 1. The van der Waals surface area contributed by atoms with Gasteiger partial charge in [0, 0.05) is 26.2 Å². The first-order valence-corrected chi connectivity index (χ1v) is 8.78. The fourth-order valence-corrected chi connectivity index (χ4v) is 3.43. The van der Waals surface area contributed by atoms with E-state index in [4.69, 9.17) is 11.6 Å². The molecule has 140 valence electrons. The van der Waals surface area contributed by atoms with Crippen molar-refractivity contribution in [2.75, 3.05) is 31.1 Å². The van der Waals surface area contributed by atoms with Crippen LogP contribution >= 0.6 is 11.6 Å². The highest BCUT2D eigenvalue weighted by Crippen LogP contribution is 2.27. The van der Waals surface area contributed by atoms with Gasteiger partial charge in [0.2, 0.25) is 5.91 Å². The van der Waals surface area contributed by atoms with Crippen LogP contribution in [-0.2, 0) is 11.3 Å². The lowest BCUT2D eigenvalue weighted by Gasteiger charge is -2.36. The van der Waals surface area contributed by atoms with Crippen molar-refractivity contribution in [3.63, 3.8) is 0 Å². The molecule has 0 radical (unpaired) electrons. The van der Waals surface area contributed by atoms with Crippen molar-refractivity contribution in [2.24, 2.45) is 0 Å². The van der Waals surface area contributed by atoms with Crippen LogP contribution in [0.2, 0.25) is 5.02 Å². The molecule has 1 aliphatic heterocycles. The molecule has 0 bridgehead atoms. The number of fused-ring (bicyclic) bond motifs is 1. The molecule has 0 atom stereocenters. The van der Waals surface area contributed by atoms with Crippen molar-refractivity contribution >= 4 is 28.7 Å². The summed E-state index contributed by atoms with van der Waals surface area (Å²) >= 11 is 6.11. The third kappa shape index (κ3) is 3.37. The number of halogens is 2. The van der Waals surface area contributed by atoms with Gasteiger partial charge < -0.3 is 9.80 Å². The van der Waals surface area contributed by atoms with Gasteiger partial charge in [0.25, 0.3) is 5.56 Å². The standard InChI is InChI=1S/C17H16ClFN6O2/c18-13-9-12(19)1-2-14(13)22-5-7-23(8-6-22)16(26)10-24-17(27)15-3-4-20-25(15)11-21-24/h1-4,9,11H,5-8,10H2. The van der Waals surface area contributed by atoms with Crippen molar-refractivity contribution < 1.29 is 9.18 Å². The van der Waals surface area contributed by atoms with Gasteiger partial charge in [-0.05, 0) is 24.3 Å². The second-order valence-corrected chi connectivity index (χ2v) is 6.63. The fourth-order valence-electron chi connectivity index (χ4n) is 3.15. The summed E-state index contributed by atoms with van der Waals surface area (Å²) in [5, 5.41) is 8.28. The van der Waals surface area contributed by atoms with E-state index in [2.05, 4.69) is 10.2 Å². The molecular formula is C17H16ClFN6O2. The summed E-state index contributed by atoms with van der Waals surface area (Å²) in [7, 11) is 0. The van der Waals surface area contributed by atoms with E-state index in [1.807, 2.05) is 4.90 Å². The van der Waals surface area contributed by atoms with Crippen LogP contribution in [0, 0.1) is 5.82 Å². The van der Waals surface area contributed by atoms with Crippen molar-refractivity contribution in [2.45, 2.75) is 6.54 Å². The summed E-state index contributed by atoms with van der Waals surface area (Å²) in [5.74, 6) is -0.566. The Labute approximate surface area is 158 Å². The van der Waals surface area contributed by atoms with Gasteiger partial charge in [0.1, 0.15) is 24.2 Å². The molecule has 0 spiro atoms. The molecule has 0 saturated carbocycles. The number of rotatable bonds is 3. The van der Waals surface area contributed by atoms with Gasteiger partial charge in [0.15, 0.2) is 0 Å². The largest absolute Gasteiger partial charge is 0.367 e. The Hall–Kier alpha value is -2.94. The molecular weight excluding hydrogens is 375 g/mol. The lowest BCUT2D eigenvalue weighted by Crippen LogP contribution is -2.50. The van der Waals surface area contributed by atoms with E-state index in [1.54, 1.807) is 17.0 Å². The summed E-state index contributed by atoms with van der Waals surface area (Å²) in [6.07, 6.45) is 2.91. The molecule has 1 amide bonds. The highest BCUT2D eigenvalue weighted by atomic mass is 35.5. The molecule has 8 nitrogen and oxygen atoms in total. The summed E-state index contributed by atoms with van der Waals surface area (Å²) in [6.45, 7) is 1.98. The third-order valence-corrected chi connectivity index (χ3v) is 4.89. The highest BCUT2D eigenvalue weighted by molar-refractivity contribution is 6.33. The number of piperazine rings is 1. The highest BCUT2D eigenvalue weighted by Gasteiger charge is 2.23. The Kier molecular flexibility index (Phi) is 4.53. The number of benzene rings is 1. The zero-order chi connectivity index (χ0) is 19.0. The maximum Gasteiger partial charge on any atom is 0.293 e. The molecule has 1 aromatic carbocycles. The van der Waals surface area contributed by atoms with Crippen LogP contribution in [0.4, 0.5) is 10.1 Å². The molecule has 3 aromatic rings. The van der Waals surface area contributed by atoms with E-state index < -0.39 is 0 Å². The maximum atomic E-state index is 13.2. The molecule has 4 rings (SSSR count). The number of carbonyl (C=O) groups is 1. The average molecular weight is 391 g/mol. The summed E-state index contributed by atoms with van der Waals surface area (Å²) in [6, 6.07) is 5.86. The van der Waals surface area contributed by atoms with Gasteiger partial charge in [0.05, 0.1) is 16.9 Å². The zero-order valence-corrected chi connectivity index (χ0v) is 15.0. The molecule has 0 N–H and O–H groups in total. The Morgan fingerprint density at radius 1 is 1.15 bits per heavy atom. The number of hydrogen-bond donors (Lipinski definition) is 0. The van der Waals surface area contributed by atoms with Crippen LogP contribution in [0.3, 0.4) is 0 Å². The quantitative estimate of drug-likeness (QED) is 0.667. The minimum Gasteiger partial charge on any atom is -0.367 e. The van der Waals surface area contributed by atoms with Crippen molar-refractivity contribution in [3.8, 4) is 0 Å². The average Bonchev–Trinajstić information content (AvgIpc) is 3.14. The summed E-state index contributed by atoms with van der Waals surface area (Å²) in [5.41, 5.74) is 0.753. The minimum absolute atomic E-state index is 0.127. The fraction of sp³-hybridized carbons (Fsp3) is 0.294. The number of hydrogen-bond acceptors (Lipinski definition) is 5. The molecule has 1 saturated heterocycles. The molecule has 1 fully saturated rings. The molecule has 0 aliphatic carbocycles. The van der Waals surface area contributed by atoms with Gasteiger partial charge >= 0.3 is 0 Å². The van der Waals surface area contributed by atoms with Crippen LogP contribution in [0.25, 0.3) is 5.52 Å². The Bertz CT molecular complexity index is 1060. The van der Waals surface area contributed by atoms with Crippen LogP contribution in [-0.4, -0.2) is 56.4 Å². The topological polar surface area (TPSA) is 75.7 Å². The van der Waals surface area contributed by atoms with Crippen LogP contribution in [0.15, 0.2) is 41.6 Å². The van der Waals surface area contributed by atoms with Crippen molar-refractivity contribution in [1.29, 1.82) is 0 Å². The SMILES string of the molecule is O=C(Cn1ncn2nccc2c1=O)N1CCN(c2ccc(F)cc2Cl)CC1. The summed E-state index contributed by atoms with van der Waals surface area (Å²) < 4.78 is 15.7. The summed E-state index contributed by atoms with van der Waals surface area (Å²) in [4.78, 5) is 28.6. The normalized spacial score (nSPS) is 14.7. The number of aromatic nitrogens is 4. The number of nitrogens with zero attached hydrogens (tertiary/aromatic N) is 6. The van der Waals surface area contributed by atoms with Gasteiger partial charge in [-0.3, -0.25) is 9.59 Å². The second kappa shape index (κ2) is 6.99. The third-order valence-electron chi connectivity index (χ3n) is 4.59. The predicted molar refractivity (Wildman–Crippen MR) is 97.5 cm³/mol. The molecule has 10 heteroatoms. The monoisotopic (exact) mass is 390 g/mol. The van der Waals surface area contributed by atoms with Crippen molar-refractivity contribution in [1.82, 2.24) is 24.3 Å². The first-order valence-electron chi connectivity index (χ1n) is 8.40. The molecule has 0 unspecified atom stereocenters. The Balaban J connectivity index is 1.42. The van der Waals surface area contributed by atoms with Gasteiger partial charge in [-0.2, -0.15) is 10.2 Å². The van der Waals surface area contributed by atoms with E-state index in [1.165, 1.54) is 29.2 Å². The van der Waals surface area contributed by atoms with Crippen LogP contribution < -0.4 is 10.5 Å². The number of amides is 1. The molecule has 27 heavy (non-hydrogen) atoms. The van der Waals surface area contributed by atoms with Gasteiger partial charge in [-0.25, -0.2) is 13.6 Å². The first kappa shape index (κ1) is 17.5. The predicted octanol–water partition coefficient (Wildman–Crippen LogP) is 1.03. The maximum absolute atomic E-state index is 13.2. The lowest BCUT2D eigenvalue weighted by molar-refractivity contribution is -0.132. The second-order valence-electron chi connectivity index (χ2n) is 6.22. The van der Waals surface area contributed by atoms with E-state index in [0.717, 1.165) is 10.4 Å². The van der Waals surface area contributed by atoms with Gasteiger partial charge in [-0.15, -0.1) is 0 Å². The lowest BCUT2D eigenvalue weighted by atomic mass is 10.2. The zero-order valence-electron chi connectivity index (χ0n) is 14.3. The van der Waals surface area contributed by atoms with Gasteiger partial charge in [-0.1, -0.05) is 11.6 Å². The smallest absolute Gasteiger partial charge is 0.293 e.